The third kappa shape index (κ3) is 5.10. The summed E-state index contributed by atoms with van der Waals surface area (Å²) in [6, 6.07) is 7.91. The Balaban J connectivity index is 2.58. The van der Waals surface area contributed by atoms with Crippen molar-refractivity contribution in [1.29, 1.82) is 0 Å². The Hall–Kier alpha value is -1.00. The van der Waals surface area contributed by atoms with Gasteiger partial charge in [-0.2, -0.15) is 0 Å². The Morgan fingerprint density at radius 2 is 1.89 bits per heavy atom. The Bertz CT molecular complexity index is 395. The molecule has 0 saturated carbocycles. The van der Waals surface area contributed by atoms with Crippen molar-refractivity contribution >= 4 is 17.7 Å². The molecule has 3 nitrogen and oxygen atoms in total. The van der Waals surface area contributed by atoms with E-state index in [0.717, 1.165) is 10.5 Å². The van der Waals surface area contributed by atoms with Crippen LogP contribution in [0.1, 0.15) is 33.3 Å². The summed E-state index contributed by atoms with van der Waals surface area (Å²) in [4.78, 5) is 12.9. The van der Waals surface area contributed by atoms with Gasteiger partial charge in [-0.3, -0.25) is 4.79 Å². The lowest BCUT2D eigenvalue weighted by atomic mass is 10.2. The number of carbonyl (C=O) groups excluding carboxylic acids is 1. The summed E-state index contributed by atoms with van der Waals surface area (Å²) in [6.45, 7) is 8.01. The van der Waals surface area contributed by atoms with Crippen LogP contribution in [0.2, 0.25) is 0 Å². The van der Waals surface area contributed by atoms with E-state index >= 15 is 0 Å². The second-order valence-corrected chi connectivity index (χ2v) is 6.56. The molecular weight excluding hydrogens is 246 g/mol. The van der Waals surface area contributed by atoms with Gasteiger partial charge in [0.25, 0.3) is 0 Å². The van der Waals surface area contributed by atoms with Crippen LogP contribution < -0.4 is 5.73 Å². The van der Waals surface area contributed by atoms with Gasteiger partial charge in [0.1, 0.15) is 10.9 Å². The molecule has 0 aliphatic heterocycles. The van der Waals surface area contributed by atoms with Crippen LogP contribution in [-0.4, -0.2) is 16.8 Å². The maximum Gasteiger partial charge on any atom is 0.319 e. The molecule has 0 spiro atoms. The molecule has 1 atom stereocenters. The molecule has 0 radical (unpaired) electrons. The average Bonchev–Trinajstić information content (AvgIpc) is 2.27. The van der Waals surface area contributed by atoms with Gasteiger partial charge in [-0.25, -0.2) is 0 Å². The van der Waals surface area contributed by atoms with Gasteiger partial charge in [0.2, 0.25) is 0 Å². The summed E-state index contributed by atoms with van der Waals surface area (Å²) in [6.07, 6.45) is 0. The van der Waals surface area contributed by atoms with Gasteiger partial charge in [-0.15, -0.1) is 11.8 Å². The van der Waals surface area contributed by atoms with Gasteiger partial charge in [0, 0.05) is 11.4 Å². The molecule has 0 aliphatic carbocycles. The molecule has 2 N–H and O–H groups in total. The number of esters is 1. The van der Waals surface area contributed by atoms with Gasteiger partial charge >= 0.3 is 5.97 Å². The fourth-order valence-electron chi connectivity index (χ4n) is 1.34. The summed E-state index contributed by atoms with van der Waals surface area (Å²) < 4.78 is 5.34. The zero-order valence-electron chi connectivity index (χ0n) is 11.4. The number of nitrogens with two attached hydrogens (primary N) is 1. The largest absolute Gasteiger partial charge is 0.459 e. The number of hydrogen-bond donors (Lipinski definition) is 1. The van der Waals surface area contributed by atoms with Crippen molar-refractivity contribution in [2.45, 2.75) is 50.0 Å². The molecule has 100 valence electrons. The second-order valence-electron chi connectivity index (χ2n) is 5.14. The molecule has 0 saturated heterocycles. The quantitative estimate of drug-likeness (QED) is 0.673. The highest BCUT2D eigenvalue weighted by Crippen LogP contribution is 2.25. The van der Waals surface area contributed by atoms with Crippen molar-refractivity contribution in [3.8, 4) is 0 Å². The average molecular weight is 267 g/mol. The maximum atomic E-state index is 11.8. The summed E-state index contributed by atoms with van der Waals surface area (Å²) in [5.41, 5.74) is 6.19. The second kappa shape index (κ2) is 6.25. The first-order valence-corrected chi connectivity index (χ1v) is 6.88. The van der Waals surface area contributed by atoms with Gasteiger partial charge in [-0.1, -0.05) is 12.1 Å². The SMILES string of the molecule is CC(Sc1ccc(CN)cc1)C(=O)OC(C)(C)C. The Morgan fingerprint density at radius 3 is 2.33 bits per heavy atom. The first-order chi connectivity index (χ1) is 8.31. The standard InChI is InChI=1S/C14H21NO2S/c1-10(13(16)17-14(2,3)4)18-12-7-5-11(9-15)6-8-12/h5-8,10H,9,15H2,1-4H3. The van der Waals surface area contributed by atoms with Crippen molar-refractivity contribution in [2.75, 3.05) is 0 Å². The molecule has 18 heavy (non-hydrogen) atoms. The van der Waals surface area contributed by atoms with E-state index < -0.39 is 5.60 Å². The lowest BCUT2D eigenvalue weighted by molar-refractivity contribution is -0.153. The van der Waals surface area contributed by atoms with Crippen LogP contribution in [0, 0.1) is 0 Å². The van der Waals surface area contributed by atoms with Gasteiger partial charge in [-0.05, 0) is 45.4 Å². The third-order valence-electron chi connectivity index (χ3n) is 2.21. The van der Waals surface area contributed by atoms with Crippen LogP contribution in [0.25, 0.3) is 0 Å². The molecule has 1 aromatic carbocycles. The van der Waals surface area contributed by atoms with Crippen LogP contribution in [0.5, 0.6) is 0 Å². The summed E-state index contributed by atoms with van der Waals surface area (Å²) in [5, 5.41) is -0.215. The first-order valence-electron chi connectivity index (χ1n) is 6.00. The number of hydrogen-bond acceptors (Lipinski definition) is 4. The number of benzene rings is 1. The van der Waals surface area contributed by atoms with Crippen LogP contribution in [0.3, 0.4) is 0 Å². The van der Waals surface area contributed by atoms with E-state index in [1.54, 1.807) is 0 Å². The zero-order valence-corrected chi connectivity index (χ0v) is 12.2. The van der Waals surface area contributed by atoms with E-state index in [1.807, 2.05) is 52.0 Å². The minimum Gasteiger partial charge on any atom is -0.459 e. The fraction of sp³-hybridized carbons (Fsp3) is 0.500. The van der Waals surface area contributed by atoms with Gasteiger partial charge in [0.05, 0.1) is 0 Å². The van der Waals surface area contributed by atoms with Crippen LogP contribution in [0.4, 0.5) is 0 Å². The Morgan fingerprint density at radius 1 is 1.33 bits per heavy atom. The first kappa shape index (κ1) is 15.1. The molecule has 0 heterocycles. The number of carbonyl (C=O) groups is 1. The molecular formula is C14H21NO2S. The summed E-state index contributed by atoms with van der Waals surface area (Å²) in [5.74, 6) is -0.185. The number of thioether (sulfide) groups is 1. The topological polar surface area (TPSA) is 52.3 Å². The summed E-state index contributed by atoms with van der Waals surface area (Å²) >= 11 is 1.50. The van der Waals surface area contributed by atoms with Crippen LogP contribution >= 0.6 is 11.8 Å². The van der Waals surface area contributed by atoms with E-state index in [-0.39, 0.29) is 11.2 Å². The highest BCUT2D eigenvalue weighted by Gasteiger charge is 2.22. The predicted molar refractivity (Wildman–Crippen MR) is 75.5 cm³/mol. The molecule has 0 bridgehead atoms. The van der Waals surface area contributed by atoms with E-state index in [0.29, 0.717) is 6.54 Å². The number of rotatable bonds is 4. The van der Waals surface area contributed by atoms with Crippen molar-refractivity contribution in [3.05, 3.63) is 29.8 Å². The Kier molecular flexibility index (Phi) is 5.23. The molecule has 0 aromatic heterocycles. The minimum atomic E-state index is -0.435. The lowest BCUT2D eigenvalue weighted by Gasteiger charge is -2.22. The molecule has 0 amide bonds. The van der Waals surface area contributed by atoms with E-state index in [1.165, 1.54) is 11.8 Å². The molecule has 1 aromatic rings. The van der Waals surface area contributed by atoms with Crippen LogP contribution in [0.15, 0.2) is 29.2 Å². The van der Waals surface area contributed by atoms with Crippen molar-refractivity contribution in [3.63, 3.8) is 0 Å². The fourth-order valence-corrected chi connectivity index (χ4v) is 2.19. The van der Waals surface area contributed by atoms with Gasteiger partial charge in [0.15, 0.2) is 0 Å². The molecule has 1 unspecified atom stereocenters. The van der Waals surface area contributed by atoms with Crippen LogP contribution in [-0.2, 0) is 16.1 Å². The monoisotopic (exact) mass is 267 g/mol. The Labute approximate surface area is 113 Å². The smallest absolute Gasteiger partial charge is 0.319 e. The highest BCUT2D eigenvalue weighted by atomic mass is 32.2. The molecule has 4 heteroatoms. The molecule has 0 fully saturated rings. The molecule has 0 aliphatic rings. The third-order valence-corrected chi connectivity index (χ3v) is 3.30. The van der Waals surface area contributed by atoms with Crippen molar-refractivity contribution < 1.29 is 9.53 Å². The maximum absolute atomic E-state index is 11.8. The lowest BCUT2D eigenvalue weighted by Crippen LogP contribution is -2.28. The normalized spacial score (nSPS) is 13.2. The summed E-state index contributed by atoms with van der Waals surface area (Å²) in [7, 11) is 0. The highest BCUT2D eigenvalue weighted by molar-refractivity contribution is 8.00. The van der Waals surface area contributed by atoms with Crippen molar-refractivity contribution in [2.24, 2.45) is 5.73 Å². The molecule has 1 rings (SSSR count). The minimum absolute atomic E-state index is 0.185. The van der Waals surface area contributed by atoms with E-state index in [2.05, 4.69) is 0 Å². The van der Waals surface area contributed by atoms with E-state index in [9.17, 15) is 4.79 Å². The predicted octanol–water partition coefficient (Wildman–Crippen LogP) is 2.97. The van der Waals surface area contributed by atoms with E-state index in [4.69, 9.17) is 10.5 Å². The number of ether oxygens (including phenoxy) is 1. The zero-order chi connectivity index (χ0) is 13.8. The van der Waals surface area contributed by atoms with Gasteiger partial charge < -0.3 is 10.5 Å². The van der Waals surface area contributed by atoms with Crippen molar-refractivity contribution in [1.82, 2.24) is 0 Å².